The first-order chi connectivity index (χ1) is 15.8. The van der Waals surface area contributed by atoms with Crippen LogP contribution < -0.4 is 15.4 Å². The number of likely N-dealkylation sites (tertiary alicyclic amines) is 1. The highest BCUT2D eigenvalue weighted by Gasteiger charge is 2.35. The normalized spacial score (nSPS) is 22.6. The number of nitrogens with zero attached hydrogens (tertiary/aromatic N) is 2. The number of sulfonamides is 1. The van der Waals surface area contributed by atoms with Crippen LogP contribution in [0.1, 0.15) is 44.1 Å². The summed E-state index contributed by atoms with van der Waals surface area (Å²) >= 11 is 0. The lowest BCUT2D eigenvalue weighted by atomic mass is 9.99. The van der Waals surface area contributed by atoms with Crippen molar-refractivity contribution in [2.24, 2.45) is 5.92 Å². The van der Waals surface area contributed by atoms with E-state index in [-0.39, 0.29) is 35.8 Å². The zero-order chi connectivity index (χ0) is 23.4. The Morgan fingerprint density at radius 3 is 2.67 bits per heavy atom. The molecule has 0 aliphatic carbocycles. The number of ether oxygens (including phenoxy) is 1. The molecule has 182 valence electrons. The third-order valence-electron chi connectivity index (χ3n) is 6.71. The number of hydrogen-bond acceptors (Lipinski definition) is 6. The van der Waals surface area contributed by atoms with Crippen molar-refractivity contribution in [3.05, 3.63) is 17.7 Å². The van der Waals surface area contributed by atoms with Gasteiger partial charge in [-0.3, -0.25) is 9.59 Å². The van der Waals surface area contributed by atoms with Crippen LogP contribution in [0.4, 0.5) is 5.69 Å². The van der Waals surface area contributed by atoms with Gasteiger partial charge < -0.3 is 20.3 Å². The molecule has 3 heterocycles. The first-order valence-electron chi connectivity index (χ1n) is 11.9. The van der Waals surface area contributed by atoms with E-state index in [4.69, 9.17) is 4.74 Å². The zero-order valence-corrected chi connectivity index (χ0v) is 20.1. The number of aryl methyl sites for hydroxylation is 1. The molecule has 2 N–H and O–H groups in total. The van der Waals surface area contributed by atoms with Crippen molar-refractivity contribution in [3.63, 3.8) is 0 Å². The molecule has 3 aliphatic heterocycles. The van der Waals surface area contributed by atoms with Crippen LogP contribution in [0.15, 0.2) is 17.0 Å². The van der Waals surface area contributed by atoms with Crippen LogP contribution >= 0.6 is 0 Å². The zero-order valence-electron chi connectivity index (χ0n) is 19.3. The van der Waals surface area contributed by atoms with Crippen molar-refractivity contribution in [2.75, 3.05) is 51.2 Å². The summed E-state index contributed by atoms with van der Waals surface area (Å²) in [4.78, 5) is 26.9. The molecule has 1 aromatic rings. The number of rotatable bonds is 6. The largest absolute Gasteiger partial charge is 0.482 e. The minimum absolute atomic E-state index is 0.0714. The number of hydrogen-bond donors (Lipinski definition) is 2. The standard InChI is InChI=1S/C23H34N4O5S/c1-17-13-19-20(32-16-22(28)25-19)14-21(17)33(30,31)27-11-6-7-18(15-27)23(29)24-8-12-26-9-4-2-3-5-10-26/h13-14,18H,2-12,15-16H2,1H3,(H,24,29)(H,25,28)/t18-/m0/s1. The minimum Gasteiger partial charge on any atom is -0.482 e. The van der Waals surface area contributed by atoms with Crippen molar-refractivity contribution in [1.82, 2.24) is 14.5 Å². The molecular weight excluding hydrogens is 444 g/mol. The minimum atomic E-state index is -3.80. The molecular formula is C23H34N4O5S. The van der Waals surface area contributed by atoms with Crippen molar-refractivity contribution in [3.8, 4) is 5.75 Å². The van der Waals surface area contributed by atoms with E-state index < -0.39 is 10.0 Å². The molecule has 4 rings (SSSR count). The van der Waals surface area contributed by atoms with E-state index in [1.807, 2.05) is 0 Å². The van der Waals surface area contributed by atoms with Gasteiger partial charge in [-0.05, 0) is 57.3 Å². The van der Waals surface area contributed by atoms with E-state index in [1.54, 1.807) is 13.0 Å². The van der Waals surface area contributed by atoms with Gasteiger partial charge in [0.05, 0.1) is 16.5 Å². The number of nitrogens with one attached hydrogen (secondary N) is 2. The molecule has 0 bridgehead atoms. The third-order valence-corrected chi connectivity index (χ3v) is 8.72. The molecule has 0 unspecified atom stereocenters. The average molecular weight is 479 g/mol. The summed E-state index contributed by atoms with van der Waals surface area (Å²) in [5.74, 6) is -0.346. The number of piperidine rings is 1. The van der Waals surface area contributed by atoms with Gasteiger partial charge in [-0.15, -0.1) is 0 Å². The Morgan fingerprint density at radius 2 is 1.91 bits per heavy atom. The molecule has 3 aliphatic rings. The van der Waals surface area contributed by atoms with Gasteiger partial charge in [-0.2, -0.15) is 4.31 Å². The molecule has 0 radical (unpaired) electrons. The predicted octanol–water partition coefficient (Wildman–Crippen LogP) is 1.72. The van der Waals surface area contributed by atoms with Gasteiger partial charge >= 0.3 is 0 Å². The van der Waals surface area contributed by atoms with Gasteiger partial charge in [0.1, 0.15) is 5.75 Å². The Kier molecular flexibility index (Phi) is 7.55. The Balaban J connectivity index is 1.38. The summed E-state index contributed by atoms with van der Waals surface area (Å²) in [7, 11) is -3.80. The van der Waals surface area contributed by atoms with E-state index in [1.165, 1.54) is 36.1 Å². The quantitative estimate of drug-likeness (QED) is 0.645. The molecule has 1 atom stereocenters. The van der Waals surface area contributed by atoms with Crippen molar-refractivity contribution < 1.29 is 22.7 Å². The summed E-state index contributed by atoms with van der Waals surface area (Å²) in [5, 5.41) is 5.72. The van der Waals surface area contributed by atoms with Gasteiger partial charge in [0, 0.05) is 32.2 Å². The van der Waals surface area contributed by atoms with Crippen molar-refractivity contribution in [2.45, 2.75) is 50.3 Å². The fourth-order valence-electron chi connectivity index (χ4n) is 4.85. The smallest absolute Gasteiger partial charge is 0.262 e. The van der Waals surface area contributed by atoms with E-state index in [0.717, 1.165) is 19.6 Å². The molecule has 0 spiro atoms. The van der Waals surface area contributed by atoms with E-state index in [9.17, 15) is 18.0 Å². The first-order valence-corrected chi connectivity index (χ1v) is 13.4. The van der Waals surface area contributed by atoms with Crippen molar-refractivity contribution >= 4 is 27.5 Å². The van der Waals surface area contributed by atoms with E-state index in [2.05, 4.69) is 15.5 Å². The summed E-state index contributed by atoms with van der Waals surface area (Å²) < 4.78 is 33.7. The summed E-state index contributed by atoms with van der Waals surface area (Å²) in [6.07, 6.45) is 6.30. The highest BCUT2D eigenvalue weighted by molar-refractivity contribution is 7.89. The van der Waals surface area contributed by atoms with Gasteiger partial charge in [-0.25, -0.2) is 8.42 Å². The molecule has 1 aromatic carbocycles. The Hall–Kier alpha value is -2.17. The molecule has 0 aromatic heterocycles. The maximum Gasteiger partial charge on any atom is 0.262 e. The Labute approximate surface area is 195 Å². The Bertz CT molecular complexity index is 989. The van der Waals surface area contributed by atoms with Crippen LogP contribution in [0.3, 0.4) is 0 Å². The SMILES string of the molecule is Cc1cc2c(cc1S(=O)(=O)N1CCC[C@H](C(=O)NCCN3CCCCCC3)C1)OCC(=O)N2. The highest BCUT2D eigenvalue weighted by Crippen LogP contribution is 2.35. The lowest BCUT2D eigenvalue weighted by Gasteiger charge is -2.32. The lowest BCUT2D eigenvalue weighted by Crippen LogP contribution is -2.46. The van der Waals surface area contributed by atoms with Crippen LogP contribution in [0.25, 0.3) is 0 Å². The van der Waals surface area contributed by atoms with Gasteiger partial charge in [0.2, 0.25) is 15.9 Å². The van der Waals surface area contributed by atoms with Gasteiger partial charge in [0.25, 0.3) is 5.91 Å². The number of fused-ring (bicyclic) bond motifs is 1. The predicted molar refractivity (Wildman–Crippen MR) is 125 cm³/mol. The third kappa shape index (κ3) is 5.67. The molecule has 0 saturated carbocycles. The van der Waals surface area contributed by atoms with Crippen LogP contribution in [0.5, 0.6) is 5.75 Å². The number of anilines is 1. The van der Waals surface area contributed by atoms with Crippen LogP contribution in [-0.2, 0) is 19.6 Å². The topological polar surface area (TPSA) is 108 Å². The number of carbonyl (C=O) groups excluding carboxylic acids is 2. The second-order valence-electron chi connectivity index (χ2n) is 9.20. The lowest BCUT2D eigenvalue weighted by molar-refractivity contribution is -0.126. The maximum absolute atomic E-state index is 13.4. The van der Waals surface area contributed by atoms with Crippen LogP contribution in [-0.4, -0.2) is 75.3 Å². The summed E-state index contributed by atoms with van der Waals surface area (Å²) in [5.41, 5.74) is 1.01. The van der Waals surface area contributed by atoms with E-state index in [0.29, 0.717) is 42.9 Å². The van der Waals surface area contributed by atoms with Crippen LogP contribution in [0.2, 0.25) is 0 Å². The Morgan fingerprint density at radius 1 is 1.15 bits per heavy atom. The molecule has 2 amide bonds. The maximum atomic E-state index is 13.4. The fourth-order valence-corrected chi connectivity index (χ4v) is 6.59. The van der Waals surface area contributed by atoms with E-state index >= 15 is 0 Å². The monoisotopic (exact) mass is 478 g/mol. The average Bonchev–Trinajstić information content (AvgIpc) is 3.07. The second-order valence-corrected chi connectivity index (χ2v) is 11.1. The molecule has 2 fully saturated rings. The molecule has 33 heavy (non-hydrogen) atoms. The number of carbonyl (C=O) groups is 2. The molecule has 9 nitrogen and oxygen atoms in total. The van der Waals surface area contributed by atoms with Gasteiger partial charge in [-0.1, -0.05) is 12.8 Å². The summed E-state index contributed by atoms with van der Waals surface area (Å²) in [6.45, 7) is 5.71. The number of amides is 2. The van der Waals surface area contributed by atoms with Crippen molar-refractivity contribution in [1.29, 1.82) is 0 Å². The molecule has 2 saturated heterocycles. The van der Waals surface area contributed by atoms with Crippen LogP contribution in [0, 0.1) is 12.8 Å². The highest BCUT2D eigenvalue weighted by atomic mass is 32.2. The second kappa shape index (κ2) is 10.4. The first kappa shape index (κ1) is 24.0. The summed E-state index contributed by atoms with van der Waals surface area (Å²) in [6, 6.07) is 3.10. The fraction of sp³-hybridized carbons (Fsp3) is 0.652. The molecule has 10 heteroatoms. The van der Waals surface area contributed by atoms with Gasteiger partial charge in [0.15, 0.2) is 6.61 Å². The number of benzene rings is 1.